The lowest BCUT2D eigenvalue weighted by Gasteiger charge is -2.16. The van der Waals surface area contributed by atoms with Gasteiger partial charge in [-0.15, -0.1) is 0 Å². The van der Waals surface area contributed by atoms with Gasteiger partial charge >= 0.3 is 0 Å². The number of hydrogen-bond acceptors (Lipinski definition) is 2. The SMILES string of the molecule is C[C@H](Oc1ccc(Br)cc1Br)C(=O)Nc1ccc(I)cc1. The Kier molecular flexibility index (Phi) is 6.07. The first-order valence-electron chi connectivity index (χ1n) is 6.14. The Morgan fingerprint density at radius 1 is 1.19 bits per heavy atom. The number of benzene rings is 2. The van der Waals surface area contributed by atoms with Crippen molar-refractivity contribution < 1.29 is 9.53 Å². The van der Waals surface area contributed by atoms with Crippen LogP contribution >= 0.6 is 54.5 Å². The zero-order chi connectivity index (χ0) is 15.4. The van der Waals surface area contributed by atoms with Crippen LogP contribution in [0.5, 0.6) is 5.75 Å². The van der Waals surface area contributed by atoms with Crippen molar-refractivity contribution in [2.45, 2.75) is 13.0 Å². The van der Waals surface area contributed by atoms with Crippen LogP contribution in [0, 0.1) is 3.57 Å². The van der Waals surface area contributed by atoms with Crippen LogP contribution in [-0.4, -0.2) is 12.0 Å². The molecule has 1 N–H and O–H groups in total. The van der Waals surface area contributed by atoms with Crippen LogP contribution in [0.15, 0.2) is 51.4 Å². The van der Waals surface area contributed by atoms with Crippen molar-refractivity contribution in [1.29, 1.82) is 0 Å². The smallest absolute Gasteiger partial charge is 0.265 e. The molecule has 0 aliphatic heterocycles. The number of nitrogens with one attached hydrogen (secondary N) is 1. The summed E-state index contributed by atoms with van der Waals surface area (Å²) < 4.78 is 8.54. The number of halogens is 3. The van der Waals surface area contributed by atoms with Gasteiger partial charge in [0.05, 0.1) is 4.47 Å². The van der Waals surface area contributed by atoms with Gasteiger partial charge in [0, 0.05) is 13.7 Å². The molecule has 0 heterocycles. The summed E-state index contributed by atoms with van der Waals surface area (Å²) in [5.41, 5.74) is 0.755. The molecule has 2 rings (SSSR count). The monoisotopic (exact) mass is 523 g/mol. The van der Waals surface area contributed by atoms with Crippen LogP contribution in [-0.2, 0) is 4.79 Å². The maximum Gasteiger partial charge on any atom is 0.265 e. The summed E-state index contributed by atoms with van der Waals surface area (Å²) in [5, 5.41) is 2.83. The summed E-state index contributed by atoms with van der Waals surface area (Å²) in [4.78, 5) is 12.1. The normalized spacial score (nSPS) is 11.8. The van der Waals surface area contributed by atoms with Gasteiger partial charge in [-0.2, -0.15) is 0 Å². The van der Waals surface area contributed by atoms with Crippen molar-refractivity contribution in [3.05, 3.63) is 55.0 Å². The molecular weight excluding hydrogens is 513 g/mol. The Morgan fingerprint density at radius 2 is 1.86 bits per heavy atom. The van der Waals surface area contributed by atoms with E-state index < -0.39 is 6.10 Å². The van der Waals surface area contributed by atoms with Crippen molar-refractivity contribution in [3.63, 3.8) is 0 Å². The molecule has 0 saturated carbocycles. The van der Waals surface area contributed by atoms with Crippen molar-refractivity contribution in [2.75, 3.05) is 5.32 Å². The first-order valence-corrected chi connectivity index (χ1v) is 8.80. The molecule has 0 aliphatic rings. The molecule has 0 aromatic heterocycles. The maximum atomic E-state index is 12.1. The molecule has 2 aromatic carbocycles. The van der Waals surface area contributed by atoms with E-state index in [9.17, 15) is 4.79 Å². The molecule has 0 radical (unpaired) electrons. The summed E-state index contributed by atoms with van der Waals surface area (Å²) in [6.45, 7) is 1.72. The molecule has 0 unspecified atom stereocenters. The quantitative estimate of drug-likeness (QED) is 0.557. The van der Waals surface area contributed by atoms with E-state index in [2.05, 4.69) is 59.8 Å². The van der Waals surface area contributed by atoms with Crippen molar-refractivity contribution >= 4 is 66.0 Å². The highest BCUT2D eigenvalue weighted by Crippen LogP contribution is 2.29. The zero-order valence-corrected chi connectivity index (χ0v) is 16.4. The van der Waals surface area contributed by atoms with Gasteiger partial charge in [-0.1, -0.05) is 15.9 Å². The molecule has 1 atom stereocenters. The third-order valence-electron chi connectivity index (χ3n) is 2.68. The Morgan fingerprint density at radius 3 is 2.48 bits per heavy atom. The molecular formula is C15H12Br2INO2. The average molecular weight is 525 g/mol. The van der Waals surface area contributed by atoms with E-state index in [0.717, 1.165) is 18.2 Å². The minimum Gasteiger partial charge on any atom is -0.480 e. The van der Waals surface area contributed by atoms with E-state index in [4.69, 9.17) is 4.74 Å². The zero-order valence-electron chi connectivity index (χ0n) is 11.1. The van der Waals surface area contributed by atoms with E-state index >= 15 is 0 Å². The van der Waals surface area contributed by atoms with E-state index in [1.54, 1.807) is 6.92 Å². The van der Waals surface area contributed by atoms with Crippen molar-refractivity contribution in [3.8, 4) is 5.75 Å². The Hall–Kier alpha value is -0.600. The van der Waals surface area contributed by atoms with Gasteiger partial charge < -0.3 is 10.1 Å². The Bertz CT molecular complexity index is 647. The van der Waals surface area contributed by atoms with Crippen LogP contribution in [0.4, 0.5) is 5.69 Å². The number of amides is 1. The number of carbonyl (C=O) groups is 1. The standard InChI is InChI=1S/C15H12Br2INO2/c1-9(21-14-7-2-10(16)8-13(14)17)15(20)19-12-5-3-11(18)4-6-12/h2-9H,1H3,(H,19,20)/t9-/m0/s1. The Balaban J connectivity index is 2.00. The third kappa shape index (κ3) is 4.96. The lowest BCUT2D eigenvalue weighted by Crippen LogP contribution is -2.30. The van der Waals surface area contributed by atoms with Gasteiger partial charge in [0.2, 0.25) is 0 Å². The summed E-state index contributed by atoms with van der Waals surface area (Å²) in [6, 6.07) is 13.1. The predicted molar refractivity (Wildman–Crippen MR) is 99.7 cm³/mol. The van der Waals surface area contributed by atoms with Crippen LogP contribution in [0.1, 0.15) is 6.92 Å². The minimum atomic E-state index is -0.596. The molecule has 1 amide bonds. The number of ether oxygens (including phenoxy) is 1. The highest BCUT2D eigenvalue weighted by molar-refractivity contribution is 14.1. The minimum absolute atomic E-state index is 0.189. The van der Waals surface area contributed by atoms with E-state index in [1.807, 2.05) is 42.5 Å². The molecule has 3 nitrogen and oxygen atoms in total. The van der Waals surface area contributed by atoms with Crippen LogP contribution in [0.2, 0.25) is 0 Å². The summed E-state index contributed by atoms with van der Waals surface area (Å²) >= 11 is 9.01. The lowest BCUT2D eigenvalue weighted by atomic mass is 10.3. The second-order valence-corrected chi connectivity index (χ2v) is 7.35. The van der Waals surface area contributed by atoms with Crippen LogP contribution in [0.25, 0.3) is 0 Å². The average Bonchev–Trinajstić information content (AvgIpc) is 2.44. The first-order chi connectivity index (χ1) is 9.95. The second kappa shape index (κ2) is 7.60. The van der Waals surface area contributed by atoms with Gasteiger partial charge in [-0.3, -0.25) is 4.79 Å². The fourth-order valence-electron chi connectivity index (χ4n) is 1.59. The molecule has 2 aromatic rings. The highest BCUT2D eigenvalue weighted by atomic mass is 127. The predicted octanol–water partition coefficient (Wildman–Crippen LogP) is 5.22. The number of hydrogen-bond donors (Lipinski definition) is 1. The number of anilines is 1. The molecule has 6 heteroatoms. The number of carbonyl (C=O) groups excluding carboxylic acids is 1. The van der Waals surface area contributed by atoms with Crippen molar-refractivity contribution in [1.82, 2.24) is 0 Å². The maximum absolute atomic E-state index is 12.1. The van der Waals surface area contributed by atoms with E-state index in [-0.39, 0.29) is 5.91 Å². The first kappa shape index (κ1) is 16.8. The van der Waals surface area contributed by atoms with Gasteiger partial charge in [0.15, 0.2) is 6.10 Å². The fourth-order valence-corrected chi connectivity index (χ4v) is 3.09. The highest BCUT2D eigenvalue weighted by Gasteiger charge is 2.16. The molecule has 0 aliphatic carbocycles. The number of rotatable bonds is 4. The van der Waals surface area contributed by atoms with E-state index in [0.29, 0.717) is 5.75 Å². The summed E-state index contributed by atoms with van der Waals surface area (Å²) in [5.74, 6) is 0.439. The molecule has 0 fully saturated rings. The molecule has 21 heavy (non-hydrogen) atoms. The van der Waals surface area contributed by atoms with Gasteiger partial charge in [-0.25, -0.2) is 0 Å². The second-order valence-electron chi connectivity index (χ2n) is 4.33. The lowest BCUT2D eigenvalue weighted by molar-refractivity contribution is -0.122. The molecule has 110 valence electrons. The fraction of sp³-hybridized carbons (Fsp3) is 0.133. The van der Waals surface area contributed by atoms with E-state index in [1.165, 1.54) is 0 Å². The Labute approximate surface area is 153 Å². The summed E-state index contributed by atoms with van der Waals surface area (Å²) in [7, 11) is 0. The molecule has 0 saturated heterocycles. The van der Waals surface area contributed by atoms with Crippen molar-refractivity contribution in [2.24, 2.45) is 0 Å². The third-order valence-corrected chi connectivity index (χ3v) is 4.51. The molecule has 0 spiro atoms. The van der Waals surface area contributed by atoms with Crippen LogP contribution < -0.4 is 10.1 Å². The van der Waals surface area contributed by atoms with Crippen LogP contribution in [0.3, 0.4) is 0 Å². The topological polar surface area (TPSA) is 38.3 Å². The van der Waals surface area contributed by atoms with Gasteiger partial charge in [-0.05, 0) is 87.9 Å². The van der Waals surface area contributed by atoms with Gasteiger partial charge in [0.1, 0.15) is 5.75 Å². The largest absolute Gasteiger partial charge is 0.480 e. The summed E-state index contributed by atoms with van der Waals surface area (Å²) in [6.07, 6.45) is -0.596. The molecule has 0 bridgehead atoms. The van der Waals surface area contributed by atoms with Gasteiger partial charge in [0.25, 0.3) is 5.91 Å².